The molecule has 0 bridgehead atoms. The summed E-state index contributed by atoms with van der Waals surface area (Å²) in [6.07, 6.45) is 2.87. The van der Waals surface area contributed by atoms with Gasteiger partial charge in [0.05, 0.1) is 6.54 Å². The number of carbonyl (C=O) groups excluding carboxylic acids is 1. The average Bonchev–Trinajstić information content (AvgIpc) is 3.01. The molecule has 0 saturated heterocycles. The Bertz CT molecular complexity index is 637. The summed E-state index contributed by atoms with van der Waals surface area (Å²) in [5.74, 6) is 0.255. The van der Waals surface area contributed by atoms with Crippen molar-refractivity contribution in [1.82, 2.24) is 29.9 Å². The van der Waals surface area contributed by atoms with E-state index >= 15 is 0 Å². The molecule has 9 heteroatoms. The molecule has 1 N–H and O–H groups in total. The number of ether oxygens (including phenoxy) is 1. The van der Waals surface area contributed by atoms with Gasteiger partial charge in [-0.05, 0) is 13.0 Å². The van der Waals surface area contributed by atoms with Crippen LogP contribution in [-0.2, 0) is 16.1 Å². The number of amides is 1. The highest BCUT2D eigenvalue weighted by atomic mass is 16.5. The summed E-state index contributed by atoms with van der Waals surface area (Å²) in [5, 5.41) is 10.7. The second-order valence-electron chi connectivity index (χ2n) is 4.08. The Labute approximate surface area is 120 Å². The number of nitrogens with one attached hydrogen (secondary N) is 1. The van der Waals surface area contributed by atoms with Gasteiger partial charge < -0.3 is 10.1 Å². The van der Waals surface area contributed by atoms with E-state index in [1.165, 1.54) is 28.1 Å². The first-order valence-corrected chi connectivity index (χ1v) is 6.48. The van der Waals surface area contributed by atoms with E-state index in [0.717, 1.165) is 0 Å². The lowest BCUT2D eigenvalue weighted by molar-refractivity contribution is -0.125. The van der Waals surface area contributed by atoms with Crippen LogP contribution in [0.3, 0.4) is 0 Å². The van der Waals surface area contributed by atoms with Gasteiger partial charge in [-0.2, -0.15) is 5.10 Å². The van der Waals surface area contributed by atoms with Crippen molar-refractivity contribution in [1.29, 1.82) is 0 Å². The molecule has 0 fully saturated rings. The fourth-order valence-electron chi connectivity index (χ4n) is 1.59. The van der Waals surface area contributed by atoms with Crippen LogP contribution in [0.25, 0.3) is 5.82 Å². The predicted octanol–water partition coefficient (Wildman–Crippen LogP) is -1.02. The van der Waals surface area contributed by atoms with Gasteiger partial charge in [0.15, 0.2) is 5.82 Å². The smallest absolute Gasteiger partial charge is 0.266 e. The second kappa shape index (κ2) is 7.29. The molecule has 2 aromatic heterocycles. The third-order valence-corrected chi connectivity index (χ3v) is 2.59. The normalized spacial score (nSPS) is 10.5. The summed E-state index contributed by atoms with van der Waals surface area (Å²) in [7, 11) is 0. The Balaban J connectivity index is 1.95. The summed E-state index contributed by atoms with van der Waals surface area (Å²) in [6, 6.07) is 2.95. The monoisotopic (exact) mass is 292 g/mol. The molecule has 0 aromatic carbocycles. The fourth-order valence-corrected chi connectivity index (χ4v) is 1.59. The van der Waals surface area contributed by atoms with Crippen molar-refractivity contribution in [2.45, 2.75) is 13.5 Å². The Morgan fingerprint density at radius 3 is 3.00 bits per heavy atom. The minimum Gasteiger partial charge on any atom is -0.372 e. The van der Waals surface area contributed by atoms with E-state index in [1.54, 1.807) is 6.07 Å². The van der Waals surface area contributed by atoms with Crippen LogP contribution in [0.1, 0.15) is 6.92 Å². The molecule has 0 aliphatic heterocycles. The third-order valence-electron chi connectivity index (χ3n) is 2.59. The molecule has 0 unspecified atom stereocenters. The lowest BCUT2D eigenvalue weighted by Crippen LogP contribution is -2.34. The summed E-state index contributed by atoms with van der Waals surface area (Å²) >= 11 is 0. The van der Waals surface area contributed by atoms with Gasteiger partial charge in [-0.3, -0.25) is 9.59 Å². The molecule has 1 amide bonds. The Morgan fingerprint density at radius 2 is 2.29 bits per heavy atom. The van der Waals surface area contributed by atoms with E-state index < -0.39 is 0 Å². The number of rotatable bonds is 7. The second-order valence-corrected chi connectivity index (χ2v) is 4.08. The van der Waals surface area contributed by atoms with Crippen LogP contribution in [0, 0.1) is 0 Å². The number of aromatic nitrogens is 5. The highest BCUT2D eigenvalue weighted by molar-refractivity contribution is 5.77. The van der Waals surface area contributed by atoms with Gasteiger partial charge in [0, 0.05) is 19.2 Å². The molecule has 2 aromatic rings. The van der Waals surface area contributed by atoms with Gasteiger partial charge in [-0.15, -0.1) is 5.10 Å². The first kappa shape index (κ1) is 14.9. The van der Waals surface area contributed by atoms with Gasteiger partial charge in [0.2, 0.25) is 5.91 Å². The molecular formula is C12H16N6O3. The summed E-state index contributed by atoms with van der Waals surface area (Å²) in [4.78, 5) is 26.9. The van der Waals surface area contributed by atoms with Crippen molar-refractivity contribution >= 4 is 5.91 Å². The maximum atomic E-state index is 11.7. The molecule has 0 saturated carbocycles. The number of nitrogens with zero attached hydrogens (tertiary/aromatic N) is 5. The van der Waals surface area contributed by atoms with E-state index in [2.05, 4.69) is 20.5 Å². The minimum atomic E-state index is -0.252. The van der Waals surface area contributed by atoms with Crippen LogP contribution in [0.2, 0.25) is 0 Å². The van der Waals surface area contributed by atoms with Crippen molar-refractivity contribution < 1.29 is 9.53 Å². The van der Waals surface area contributed by atoms with E-state index in [-0.39, 0.29) is 24.6 Å². The topological polar surface area (TPSA) is 104 Å². The largest absolute Gasteiger partial charge is 0.372 e. The molecule has 21 heavy (non-hydrogen) atoms. The van der Waals surface area contributed by atoms with Crippen molar-refractivity contribution in [3.05, 3.63) is 35.1 Å². The zero-order valence-electron chi connectivity index (χ0n) is 11.6. The van der Waals surface area contributed by atoms with Crippen molar-refractivity contribution in [2.24, 2.45) is 0 Å². The molecule has 0 radical (unpaired) electrons. The standard InChI is InChI=1S/C12H16N6O3/c1-2-21-7-11(19)14-5-6-17-12(20)4-3-10(16-17)18-9-13-8-15-18/h3-4,8-9H,2,5-7H2,1H3,(H,14,19). The predicted molar refractivity (Wildman–Crippen MR) is 72.9 cm³/mol. The van der Waals surface area contributed by atoms with Crippen LogP contribution >= 0.6 is 0 Å². The lowest BCUT2D eigenvalue weighted by Gasteiger charge is -2.08. The Kier molecular flexibility index (Phi) is 5.16. The van der Waals surface area contributed by atoms with Crippen LogP contribution in [0.5, 0.6) is 0 Å². The maximum absolute atomic E-state index is 11.7. The molecule has 0 spiro atoms. The first-order valence-electron chi connectivity index (χ1n) is 6.48. The van der Waals surface area contributed by atoms with Gasteiger partial charge in [-0.25, -0.2) is 14.3 Å². The average molecular weight is 292 g/mol. The van der Waals surface area contributed by atoms with Gasteiger partial charge in [-0.1, -0.05) is 0 Å². The first-order chi connectivity index (χ1) is 10.2. The highest BCUT2D eigenvalue weighted by Gasteiger charge is 2.04. The zero-order valence-corrected chi connectivity index (χ0v) is 11.6. The SMILES string of the molecule is CCOCC(=O)NCCn1nc(-n2cncn2)ccc1=O. The van der Waals surface area contributed by atoms with Crippen molar-refractivity contribution in [3.8, 4) is 5.82 Å². The molecule has 0 aliphatic rings. The summed E-state index contributed by atoms with van der Waals surface area (Å²) in [5.41, 5.74) is -0.252. The molecule has 0 aliphatic carbocycles. The van der Waals surface area contributed by atoms with E-state index in [4.69, 9.17) is 4.74 Å². The number of hydrogen-bond acceptors (Lipinski definition) is 6. The molecule has 112 valence electrons. The fraction of sp³-hybridized carbons (Fsp3) is 0.417. The molecular weight excluding hydrogens is 276 g/mol. The quantitative estimate of drug-likeness (QED) is 0.700. The number of hydrogen-bond donors (Lipinski definition) is 1. The molecule has 0 atom stereocenters. The van der Waals surface area contributed by atoms with Crippen molar-refractivity contribution in [2.75, 3.05) is 19.8 Å². The Hall–Kier alpha value is -2.55. The van der Waals surface area contributed by atoms with E-state index in [1.807, 2.05) is 6.92 Å². The lowest BCUT2D eigenvalue weighted by atomic mass is 10.5. The Morgan fingerprint density at radius 1 is 1.43 bits per heavy atom. The number of carbonyl (C=O) groups is 1. The van der Waals surface area contributed by atoms with E-state index in [9.17, 15) is 9.59 Å². The summed E-state index contributed by atoms with van der Waals surface area (Å²) in [6.45, 7) is 2.86. The molecule has 2 rings (SSSR count). The van der Waals surface area contributed by atoms with Crippen molar-refractivity contribution in [3.63, 3.8) is 0 Å². The van der Waals surface area contributed by atoms with Crippen LogP contribution in [0.15, 0.2) is 29.6 Å². The maximum Gasteiger partial charge on any atom is 0.266 e. The highest BCUT2D eigenvalue weighted by Crippen LogP contribution is 1.96. The van der Waals surface area contributed by atoms with Crippen LogP contribution in [-0.4, -0.2) is 50.2 Å². The van der Waals surface area contributed by atoms with Gasteiger partial charge in [0.1, 0.15) is 19.3 Å². The summed E-state index contributed by atoms with van der Waals surface area (Å²) < 4.78 is 7.69. The van der Waals surface area contributed by atoms with Gasteiger partial charge >= 0.3 is 0 Å². The van der Waals surface area contributed by atoms with Crippen LogP contribution in [0.4, 0.5) is 0 Å². The van der Waals surface area contributed by atoms with Gasteiger partial charge in [0.25, 0.3) is 5.56 Å². The van der Waals surface area contributed by atoms with E-state index in [0.29, 0.717) is 19.0 Å². The molecule has 9 nitrogen and oxygen atoms in total. The molecule has 2 heterocycles. The zero-order chi connectivity index (χ0) is 15.1. The third kappa shape index (κ3) is 4.21. The van der Waals surface area contributed by atoms with Crippen LogP contribution < -0.4 is 10.9 Å². The minimum absolute atomic E-state index is 0.0117.